The van der Waals surface area contributed by atoms with Crippen LogP contribution in [0, 0.1) is 0 Å². The molecule has 0 saturated heterocycles. The predicted molar refractivity (Wildman–Crippen MR) is 63.3 cm³/mol. The Kier molecular flexibility index (Phi) is 1.93. The normalized spacial score (nSPS) is 11.3. The number of rotatable bonds is 1. The molecule has 1 aromatic heterocycles. The molecule has 3 aromatic rings. The largest absolute Gasteiger partial charge is 0.463 e. The molecule has 0 saturated carbocycles. The zero-order valence-electron chi connectivity index (χ0n) is 8.03. The standard InChI is InChI=1S/C13H9ClO/c14-7-10-8-15-13-11-4-2-1-3-9(11)5-6-12(10)13/h1-6,8H,7H2. The predicted octanol–water partition coefficient (Wildman–Crippen LogP) is 4.32. The summed E-state index contributed by atoms with van der Waals surface area (Å²) >= 11 is 5.84. The quantitative estimate of drug-likeness (QED) is 0.552. The van der Waals surface area contributed by atoms with Gasteiger partial charge >= 0.3 is 0 Å². The monoisotopic (exact) mass is 216 g/mol. The molecule has 0 N–H and O–H groups in total. The maximum atomic E-state index is 5.84. The van der Waals surface area contributed by atoms with E-state index in [-0.39, 0.29) is 0 Å². The molecule has 0 amide bonds. The summed E-state index contributed by atoms with van der Waals surface area (Å²) < 4.78 is 5.57. The Balaban J connectivity index is 2.50. The Morgan fingerprint density at radius 3 is 2.73 bits per heavy atom. The maximum absolute atomic E-state index is 5.84. The van der Waals surface area contributed by atoms with Crippen LogP contribution in [-0.4, -0.2) is 0 Å². The maximum Gasteiger partial charge on any atom is 0.142 e. The van der Waals surface area contributed by atoms with Crippen LogP contribution in [-0.2, 0) is 5.88 Å². The van der Waals surface area contributed by atoms with E-state index in [0.29, 0.717) is 5.88 Å². The van der Waals surface area contributed by atoms with E-state index in [9.17, 15) is 0 Å². The summed E-state index contributed by atoms with van der Waals surface area (Å²) in [5.74, 6) is 0.491. The van der Waals surface area contributed by atoms with Crippen molar-refractivity contribution in [1.29, 1.82) is 0 Å². The van der Waals surface area contributed by atoms with Crippen LogP contribution >= 0.6 is 11.6 Å². The van der Waals surface area contributed by atoms with E-state index in [2.05, 4.69) is 24.3 Å². The molecule has 0 spiro atoms. The van der Waals surface area contributed by atoms with Gasteiger partial charge in [0.25, 0.3) is 0 Å². The van der Waals surface area contributed by atoms with Gasteiger partial charge in [0, 0.05) is 16.3 Å². The van der Waals surface area contributed by atoms with Crippen LogP contribution in [0.5, 0.6) is 0 Å². The average molecular weight is 217 g/mol. The molecule has 2 aromatic carbocycles. The Morgan fingerprint density at radius 1 is 1.00 bits per heavy atom. The lowest BCUT2D eigenvalue weighted by atomic mass is 10.1. The molecule has 15 heavy (non-hydrogen) atoms. The second kappa shape index (κ2) is 3.28. The SMILES string of the molecule is ClCc1coc2c1ccc1ccccc12. The summed E-state index contributed by atoms with van der Waals surface area (Å²) in [4.78, 5) is 0. The fourth-order valence-corrected chi connectivity index (χ4v) is 2.13. The van der Waals surface area contributed by atoms with Crippen LogP contribution in [0.15, 0.2) is 47.1 Å². The minimum absolute atomic E-state index is 0.491. The van der Waals surface area contributed by atoms with E-state index in [1.165, 1.54) is 5.39 Å². The highest BCUT2D eigenvalue weighted by Crippen LogP contribution is 2.29. The summed E-state index contributed by atoms with van der Waals surface area (Å²) in [6.07, 6.45) is 1.74. The minimum atomic E-state index is 0.491. The fourth-order valence-electron chi connectivity index (χ4n) is 1.92. The van der Waals surface area contributed by atoms with Crippen molar-refractivity contribution in [1.82, 2.24) is 0 Å². The van der Waals surface area contributed by atoms with Crippen LogP contribution < -0.4 is 0 Å². The summed E-state index contributed by atoms with van der Waals surface area (Å²) in [5, 5.41) is 3.45. The highest BCUT2D eigenvalue weighted by atomic mass is 35.5. The molecular weight excluding hydrogens is 208 g/mol. The Hall–Kier alpha value is -1.47. The summed E-state index contributed by atoms with van der Waals surface area (Å²) in [7, 11) is 0. The van der Waals surface area contributed by atoms with Gasteiger partial charge in [-0.05, 0) is 5.39 Å². The lowest BCUT2D eigenvalue weighted by Gasteiger charge is -1.97. The van der Waals surface area contributed by atoms with Gasteiger partial charge in [0.2, 0.25) is 0 Å². The number of hydrogen-bond acceptors (Lipinski definition) is 1. The van der Waals surface area contributed by atoms with Crippen molar-refractivity contribution in [3.8, 4) is 0 Å². The number of furan rings is 1. The van der Waals surface area contributed by atoms with Gasteiger partial charge in [0.1, 0.15) is 5.58 Å². The summed E-state index contributed by atoms with van der Waals surface area (Å²) in [6.45, 7) is 0. The van der Waals surface area contributed by atoms with Crippen molar-refractivity contribution in [3.63, 3.8) is 0 Å². The van der Waals surface area contributed by atoms with Crippen molar-refractivity contribution in [3.05, 3.63) is 48.2 Å². The fraction of sp³-hybridized carbons (Fsp3) is 0.0769. The lowest BCUT2D eigenvalue weighted by molar-refractivity contribution is 0.616. The van der Waals surface area contributed by atoms with Crippen molar-refractivity contribution in [2.45, 2.75) is 5.88 Å². The Morgan fingerprint density at radius 2 is 1.87 bits per heavy atom. The first-order valence-corrected chi connectivity index (χ1v) is 5.37. The van der Waals surface area contributed by atoms with Gasteiger partial charge in [0.05, 0.1) is 12.1 Å². The van der Waals surface area contributed by atoms with Gasteiger partial charge < -0.3 is 4.42 Å². The van der Waals surface area contributed by atoms with Crippen molar-refractivity contribution >= 4 is 33.3 Å². The molecule has 0 fully saturated rings. The number of fused-ring (bicyclic) bond motifs is 3. The van der Waals surface area contributed by atoms with Crippen molar-refractivity contribution in [2.24, 2.45) is 0 Å². The van der Waals surface area contributed by atoms with E-state index in [1.807, 2.05) is 12.1 Å². The van der Waals surface area contributed by atoms with Gasteiger partial charge in [-0.15, -0.1) is 11.6 Å². The molecule has 0 aliphatic carbocycles. The highest BCUT2D eigenvalue weighted by molar-refractivity contribution is 6.18. The first-order chi connectivity index (χ1) is 7.40. The van der Waals surface area contributed by atoms with Gasteiger partial charge in [-0.3, -0.25) is 0 Å². The summed E-state index contributed by atoms with van der Waals surface area (Å²) in [6, 6.07) is 12.4. The van der Waals surface area contributed by atoms with Gasteiger partial charge in [-0.1, -0.05) is 36.4 Å². The molecule has 3 rings (SSSR count). The van der Waals surface area contributed by atoms with E-state index in [0.717, 1.165) is 21.9 Å². The molecule has 0 atom stereocenters. The zero-order valence-corrected chi connectivity index (χ0v) is 8.79. The van der Waals surface area contributed by atoms with Gasteiger partial charge in [-0.25, -0.2) is 0 Å². The number of alkyl halides is 1. The molecule has 2 heteroatoms. The third-order valence-corrected chi connectivity index (χ3v) is 2.98. The molecule has 74 valence electrons. The minimum Gasteiger partial charge on any atom is -0.463 e. The topological polar surface area (TPSA) is 13.1 Å². The molecular formula is C13H9ClO. The molecule has 0 unspecified atom stereocenters. The molecule has 0 radical (unpaired) electrons. The van der Waals surface area contributed by atoms with Crippen LogP contribution in [0.25, 0.3) is 21.7 Å². The van der Waals surface area contributed by atoms with E-state index in [1.54, 1.807) is 6.26 Å². The van der Waals surface area contributed by atoms with E-state index in [4.69, 9.17) is 16.0 Å². The van der Waals surface area contributed by atoms with Crippen LogP contribution in [0.4, 0.5) is 0 Å². The van der Waals surface area contributed by atoms with Crippen LogP contribution in [0.2, 0.25) is 0 Å². The van der Waals surface area contributed by atoms with Crippen molar-refractivity contribution in [2.75, 3.05) is 0 Å². The molecule has 1 nitrogen and oxygen atoms in total. The molecule has 0 aliphatic rings. The number of benzene rings is 2. The van der Waals surface area contributed by atoms with Crippen LogP contribution in [0.3, 0.4) is 0 Å². The van der Waals surface area contributed by atoms with E-state index >= 15 is 0 Å². The molecule has 0 aliphatic heterocycles. The summed E-state index contributed by atoms with van der Waals surface area (Å²) in [5.41, 5.74) is 1.99. The Bertz CT molecular complexity index is 625. The molecule has 1 heterocycles. The van der Waals surface area contributed by atoms with Gasteiger partial charge in [0.15, 0.2) is 0 Å². The second-order valence-corrected chi connectivity index (χ2v) is 3.83. The highest BCUT2D eigenvalue weighted by Gasteiger charge is 2.07. The smallest absolute Gasteiger partial charge is 0.142 e. The van der Waals surface area contributed by atoms with E-state index < -0.39 is 0 Å². The van der Waals surface area contributed by atoms with Crippen molar-refractivity contribution < 1.29 is 4.42 Å². The number of halogens is 1. The molecule has 0 bridgehead atoms. The van der Waals surface area contributed by atoms with Crippen LogP contribution in [0.1, 0.15) is 5.56 Å². The Labute approximate surface area is 92.3 Å². The second-order valence-electron chi connectivity index (χ2n) is 3.56. The third-order valence-electron chi connectivity index (χ3n) is 2.69. The first kappa shape index (κ1) is 8.81. The average Bonchev–Trinajstić information content (AvgIpc) is 2.72. The first-order valence-electron chi connectivity index (χ1n) is 4.84. The third kappa shape index (κ3) is 1.24. The lowest BCUT2D eigenvalue weighted by Crippen LogP contribution is -1.75. The number of hydrogen-bond donors (Lipinski definition) is 0. The zero-order chi connectivity index (χ0) is 10.3. The van der Waals surface area contributed by atoms with Gasteiger partial charge in [-0.2, -0.15) is 0 Å².